The number of fused-ring (bicyclic) bond motifs is 2. The largest absolute Gasteiger partial charge is 0.365 e. The normalized spacial score (nSPS) is 29.8. The summed E-state index contributed by atoms with van der Waals surface area (Å²) < 4.78 is 1.11. The summed E-state index contributed by atoms with van der Waals surface area (Å²) >= 11 is 3.53. The van der Waals surface area contributed by atoms with Crippen molar-refractivity contribution in [1.82, 2.24) is 20.3 Å². The van der Waals surface area contributed by atoms with Gasteiger partial charge in [-0.3, -0.25) is 9.98 Å². The molecule has 6 rings (SSSR count). The lowest BCUT2D eigenvalue weighted by atomic mass is 9.78. The van der Waals surface area contributed by atoms with Crippen LogP contribution in [0.15, 0.2) is 64.5 Å². The number of benzene rings is 1. The molecule has 2 N–H and O–H groups in total. The second-order valence-corrected chi connectivity index (χ2v) is 9.70. The van der Waals surface area contributed by atoms with Gasteiger partial charge in [0, 0.05) is 34.3 Å². The molecule has 3 heterocycles. The zero-order valence-electron chi connectivity index (χ0n) is 16.6. The fourth-order valence-corrected chi connectivity index (χ4v) is 6.06. The third-order valence-corrected chi connectivity index (χ3v) is 7.68. The molecule has 2 aromatic heterocycles. The zero-order valence-corrected chi connectivity index (χ0v) is 18.2. The Kier molecular flexibility index (Phi) is 4.48. The molecular weight excluding hydrogens is 438 g/mol. The van der Waals surface area contributed by atoms with Crippen LogP contribution in [0.5, 0.6) is 0 Å². The summed E-state index contributed by atoms with van der Waals surface area (Å²) in [5.74, 6) is 4.58. The molecule has 2 fully saturated rings. The van der Waals surface area contributed by atoms with Crippen LogP contribution < -0.4 is 5.32 Å². The van der Waals surface area contributed by atoms with Crippen molar-refractivity contribution in [2.45, 2.75) is 31.2 Å². The highest BCUT2D eigenvalue weighted by atomic mass is 79.9. The molecule has 2 saturated carbocycles. The van der Waals surface area contributed by atoms with E-state index < -0.39 is 0 Å². The van der Waals surface area contributed by atoms with Crippen molar-refractivity contribution in [2.75, 3.05) is 6.54 Å². The highest BCUT2D eigenvalue weighted by Crippen LogP contribution is 2.56. The van der Waals surface area contributed by atoms with Gasteiger partial charge in [0.05, 0.1) is 24.5 Å². The number of aromatic nitrogens is 3. The summed E-state index contributed by atoms with van der Waals surface area (Å²) in [5, 5.41) is 3.77. The van der Waals surface area contributed by atoms with E-state index in [1.54, 1.807) is 6.20 Å². The maximum absolute atomic E-state index is 5.00. The number of imidazole rings is 1. The molecule has 5 atom stereocenters. The van der Waals surface area contributed by atoms with Crippen molar-refractivity contribution in [1.29, 1.82) is 0 Å². The Labute approximate surface area is 184 Å². The molecule has 3 aliphatic rings. The van der Waals surface area contributed by atoms with E-state index in [0.29, 0.717) is 23.7 Å². The Morgan fingerprint density at radius 1 is 0.967 bits per heavy atom. The molecule has 3 aromatic rings. The Morgan fingerprint density at radius 3 is 2.60 bits per heavy atom. The standard InChI is InChI=1S/C24H24BrN5/c25-18-7-5-14(6-8-18)19-12-27-23(29-19)21-15-3-4-16(10-15)22(21)24-28-13-20(30-24)17-2-1-9-26-11-17/h1-2,5-9,11,13,15-16,19,21-22H,3-4,10,12H2,(H,27,29)(H,28,30)/t15?,16?,19?,21?,22-/m0/s1. The minimum absolute atomic E-state index is 0.274. The number of aromatic amines is 1. The molecule has 2 aliphatic carbocycles. The summed E-state index contributed by atoms with van der Waals surface area (Å²) in [7, 11) is 0. The smallest absolute Gasteiger partial charge is 0.110 e. The van der Waals surface area contributed by atoms with Crippen LogP contribution in [0.2, 0.25) is 0 Å². The molecule has 0 spiro atoms. The van der Waals surface area contributed by atoms with Crippen LogP contribution in [0.3, 0.4) is 0 Å². The van der Waals surface area contributed by atoms with Crippen molar-refractivity contribution in [2.24, 2.45) is 22.7 Å². The van der Waals surface area contributed by atoms with Gasteiger partial charge in [-0.15, -0.1) is 0 Å². The number of rotatable bonds is 4. The molecule has 1 aromatic carbocycles. The van der Waals surface area contributed by atoms with Crippen LogP contribution in [-0.2, 0) is 0 Å². The van der Waals surface area contributed by atoms with Crippen LogP contribution in [0, 0.1) is 17.8 Å². The first-order valence-corrected chi connectivity index (χ1v) is 11.6. The quantitative estimate of drug-likeness (QED) is 0.567. The molecule has 0 saturated heterocycles. The molecular formula is C24H24BrN5. The van der Waals surface area contributed by atoms with Gasteiger partial charge in [0.1, 0.15) is 11.7 Å². The van der Waals surface area contributed by atoms with Crippen LogP contribution >= 0.6 is 15.9 Å². The van der Waals surface area contributed by atoms with Gasteiger partial charge in [-0.25, -0.2) is 4.98 Å². The molecule has 1 aliphatic heterocycles. The maximum Gasteiger partial charge on any atom is 0.110 e. The topological polar surface area (TPSA) is 66.0 Å². The van der Waals surface area contributed by atoms with Crippen molar-refractivity contribution < 1.29 is 0 Å². The lowest BCUT2D eigenvalue weighted by Gasteiger charge is -2.30. The van der Waals surface area contributed by atoms with E-state index in [4.69, 9.17) is 9.98 Å². The number of hydrogen-bond acceptors (Lipinski definition) is 4. The first kappa shape index (κ1) is 18.3. The van der Waals surface area contributed by atoms with Crippen LogP contribution in [0.4, 0.5) is 0 Å². The first-order valence-electron chi connectivity index (χ1n) is 10.8. The molecule has 2 bridgehead atoms. The number of amidine groups is 1. The molecule has 6 heteroatoms. The van der Waals surface area contributed by atoms with Crippen molar-refractivity contribution in [3.05, 3.63) is 70.8 Å². The van der Waals surface area contributed by atoms with Crippen LogP contribution in [0.1, 0.15) is 42.6 Å². The summed E-state index contributed by atoms with van der Waals surface area (Å²) in [6, 6.07) is 12.9. The summed E-state index contributed by atoms with van der Waals surface area (Å²) in [6.07, 6.45) is 9.56. The van der Waals surface area contributed by atoms with Crippen LogP contribution in [-0.4, -0.2) is 27.3 Å². The summed E-state index contributed by atoms with van der Waals surface area (Å²) in [6.45, 7) is 0.816. The fraction of sp³-hybridized carbons (Fsp3) is 0.375. The SMILES string of the molecule is Brc1ccc(C2CN=C(C3C4CCC(C4)[C@@H]3c3ncc(-c4cccnc4)[nH]3)N2)cc1. The van der Waals surface area contributed by atoms with Gasteiger partial charge in [0.15, 0.2) is 0 Å². The number of aliphatic imine (C=N–C) groups is 1. The molecule has 30 heavy (non-hydrogen) atoms. The van der Waals surface area contributed by atoms with Gasteiger partial charge in [0.2, 0.25) is 0 Å². The average Bonchev–Trinajstić information content (AvgIpc) is 3.58. The number of halogens is 1. The second-order valence-electron chi connectivity index (χ2n) is 8.78. The van der Waals surface area contributed by atoms with Gasteiger partial charge < -0.3 is 10.3 Å². The maximum atomic E-state index is 5.00. The number of hydrogen-bond donors (Lipinski definition) is 2. The van der Waals surface area contributed by atoms with Gasteiger partial charge in [-0.05, 0) is 60.9 Å². The highest BCUT2D eigenvalue weighted by Gasteiger charge is 2.52. The Hall–Kier alpha value is -2.47. The third kappa shape index (κ3) is 3.09. The number of nitrogens with zero attached hydrogens (tertiary/aromatic N) is 3. The molecule has 0 radical (unpaired) electrons. The Bertz CT molecular complexity index is 1070. The minimum atomic E-state index is 0.274. The van der Waals surface area contributed by atoms with E-state index in [-0.39, 0.29) is 6.04 Å². The van der Waals surface area contributed by atoms with E-state index in [1.807, 2.05) is 18.5 Å². The van der Waals surface area contributed by atoms with Crippen molar-refractivity contribution >= 4 is 21.8 Å². The van der Waals surface area contributed by atoms with E-state index in [0.717, 1.165) is 28.1 Å². The third-order valence-electron chi connectivity index (χ3n) is 7.15. The van der Waals surface area contributed by atoms with E-state index in [9.17, 15) is 0 Å². The van der Waals surface area contributed by atoms with Crippen LogP contribution in [0.25, 0.3) is 11.3 Å². The van der Waals surface area contributed by atoms with Crippen molar-refractivity contribution in [3.63, 3.8) is 0 Å². The molecule has 5 nitrogen and oxygen atoms in total. The zero-order chi connectivity index (χ0) is 20.1. The van der Waals surface area contributed by atoms with Gasteiger partial charge in [-0.1, -0.05) is 28.1 Å². The Morgan fingerprint density at radius 2 is 1.80 bits per heavy atom. The first-order chi connectivity index (χ1) is 14.8. The molecule has 0 amide bonds. The summed E-state index contributed by atoms with van der Waals surface area (Å²) in [5.41, 5.74) is 3.43. The monoisotopic (exact) mass is 461 g/mol. The molecule has 152 valence electrons. The minimum Gasteiger partial charge on any atom is -0.365 e. The highest BCUT2D eigenvalue weighted by molar-refractivity contribution is 9.10. The van der Waals surface area contributed by atoms with Gasteiger partial charge >= 0.3 is 0 Å². The van der Waals surface area contributed by atoms with Crippen molar-refractivity contribution in [3.8, 4) is 11.3 Å². The molecule has 4 unspecified atom stereocenters. The Balaban J connectivity index is 1.26. The lowest BCUT2D eigenvalue weighted by molar-refractivity contribution is 0.345. The number of nitrogens with one attached hydrogen (secondary N) is 2. The van der Waals surface area contributed by atoms with Gasteiger partial charge in [0.25, 0.3) is 0 Å². The average molecular weight is 462 g/mol. The lowest BCUT2D eigenvalue weighted by Crippen LogP contribution is -2.36. The number of H-pyrrole nitrogens is 1. The predicted molar refractivity (Wildman–Crippen MR) is 121 cm³/mol. The fourth-order valence-electron chi connectivity index (χ4n) is 5.80. The number of pyridine rings is 1. The van der Waals surface area contributed by atoms with E-state index >= 15 is 0 Å². The van der Waals surface area contributed by atoms with Gasteiger partial charge in [-0.2, -0.15) is 0 Å². The summed E-state index contributed by atoms with van der Waals surface area (Å²) in [4.78, 5) is 17.7. The van der Waals surface area contributed by atoms with E-state index in [2.05, 4.69) is 61.5 Å². The predicted octanol–water partition coefficient (Wildman–Crippen LogP) is 5.11. The second kappa shape index (κ2) is 7.34. The van der Waals surface area contributed by atoms with E-state index in [1.165, 1.54) is 30.7 Å².